The average molecular weight is 233 g/mol. The molecule has 6 heteroatoms. The number of furan rings is 1. The normalized spacial score (nSPS) is 12.1. The van der Waals surface area contributed by atoms with Crippen LogP contribution in [0.4, 0.5) is 5.88 Å². The maximum Gasteiger partial charge on any atom is 0.205 e. The second-order valence-electron chi connectivity index (χ2n) is 2.49. The Kier molecular flexibility index (Phi) is 3.51. The molecule has 0 saturated heterocycles. The summed E-state index contributed by atoms with van der Waals surface area (Å²) in [6.07, 6.45) is 0. The molecule has 0 radical (unpaired) electrons. The molecule has 1 aromatic carbocycles. The minimum atomic E-state index is -2.34. The zero-order valence-corrected chi connectivity index (χ0v) is 8.56. The van der Waals surface area contributed by atoms with E-state index in [-0.39, 0.29) is 18.3 Å². The van der Waals surface area contributed by atoms with Crippen molar-refractivity contribution < 1.29 is 13.2 Å². The van der Waals surface area contributed by atoms with Gasteiger partial charge in [0.1, 0.15) is 5.58 Å². The number of benzene rings is 1. The molecule has 2 rings (SSSR count). The highest BCUT2D eigenvalue weighted by molar-refractivity contribution is 7.80. The fraction of sp³-hybridized carbons (Fsp3) is 0. The number of nitrogens with one attached hydrogen (secondary N) is 1. The quantitative estimate of drug-likeness (QED) is 0.806. The molecule has 4 nitrogen and oxygen atoms in total. The van der Waals surface area contributed by atoms with Gasteiger partial charge in [-0.2, -0.15) is 0 Å². The molecule has 0 amide bonds. The number of rotatable bonds is 2. The third kappa shape index (κ3) is 2.25. The standard InChI is InChI=1S/C8H7NO3S.ClH/c10-13(11)9-8-5-6-3-1-2-4-7(6)12-8;/h1-5,9H,(H,10,11);1H/p-1. The Morgan fingerprint density at radius 2 is 2.07 bits per heavy atom. The van der Waals surface area contributed by atoms with Gasteiger partial charge in [0, 0.05) is 22.7 Å². The molecule has 0 saturated carbocycles. The summed E-state index contributed by atoms with van der Waals surface area (Å²) in [6.45, 7) is 0. The van der Waals surface area contributed by atoms with E-state index in [1.165, 1.54) is 0 Å². The van der Waals surface area contributed by atoms with E-state index < -0.39 is 11.3 Å². The molecule has 0 fully saturated rings. The van der Waals surface area contributed by atoms with Crippen LogP contribution in [0, 0.1) is 0 Å². The molecule has 0 aliphatic carbocycles. The van der Waals surface area contributed by atoms with Gasteiger partial charge >= 0.3 is 0 Å². The summed E-state index contributed by atoms with van der Waals surface area (Å²) in [5.74, 6) is 0.231. The maximum atomic E-state index is 10.3. The molecule has 0 aliphatic rings. The molecule has 0 bridgehead atoms. The molecule has 0 spiro atoms. The van der Waals surface area contributed by atoms with Crippen molar-refractivity contribution in [2.24, 2.45) is 0 Å². The Hall–Kier alpha value is -1.04. The predicted octanol–water partition coefficient (Wildman–Crippen LogP) is 2.06. The summed E-state index contributed by atoms with van der Waals surface area (Å²) in [4.78, 5) is 0. The molecule has 1 N–H and O–H groups in total. The van der Waals surface area contributed by atoms with Gasteiger partial charge < -0.3 is 8.97 Å². The van der Waals surface area contributed by atoms with Crippen LogP contribution in [-0.4, -0.2) is 8.76 Å². The largest absolute Gasteiger partial charge is 0.755 e. The van der Waals surface area contributed by atoms with Gasteiger partial charge in [0.25, 0.3) is 0 Å². The maximum absolute atomic E-state index is 10.3. The van der Waals surface area contributed by atoms with E-state index >= 15 is 0 Å². The number of fused-ring (bicyclic) bond motifs is 1. The lowest BCUT2D eigenvalue weighted by atomic mass is 10.3. The van der Waals surface area contributed by atoms with E-state index in [4.69, 9.17) is 4.42 Å². The second-order valence-corrected chi connectivity index (χ2v) is 3.16. The Labute approximate surface area is 89.1 Å². The molecule has 1 atom stereocenters. The fourth-order valence-electron chi connectivity index (χ4n) is 1.11. The van der Waals surface area contributed by atoms with Gasteiger partial charge in [0.2, 0.25) is 5.88 Å². The van der Waals surface area contributed by atoms with Crippen molar-refractivity contribution in [1.29, 1.82) is 0 Å². The fourth-order valence-corrected chi connectivity index (χ4v) is 1.38. The number of para-hydroxylation sites is 1. The Balaban J connectivity index is 0.000000980. The summed E-state index contributed by atoms with van der Waals surface area (Å²) in [5, 5.41) is 0.871. The van der Waals surface area contributed by atoms with Crippen LogP contribution >= 0.6 is 12.4 Å². The SMILES string of the molecule is Cl.O=S([O-])Nc1cc2ccccc2o1. The molecular weight excluding hydrogens is 226 g/mol. The van der Waals surface area contributed by atoms with E-state index in [1.807, 2.05) is 18.2 Å². The van der Waals surface area contributed by atoms with Gasteiger partial charge in [0.15, 0.2) is 0 Å². The van der Waals surface area contributed by atoms with Crippen molar-refractivity contribution in [3.05, 3.63) is 30.3 Å². The minimum absolute atomic E-state index is 0. The van der Waals surface area contributed by atoms with Gasteiger partial charge in [-0.25, -0.2) is 0 Å². The van der Waals surface area contributed by atoms with E-state index in [0.717, 1.165) is 5.39 Å². The van der Waals surface area contributed by atoms with E-state index in [2.05, 4.69) is 4.72 Å². The molecule has 14 heavy (non-hydrogen) atoms. The van der Waals surface area contributed by atoms with Crippen LogP contribution in [0.5, 0.6) is 0 Å². The summed E-state index contributed by atoms with van der Waals surface area (Å²) in [5.41, 5.74) is 0.662. The summed E-state index contributed by atoms with van der Waals surface area (Å²) in [6, 6.07) is 8.93. The van der Waals surface area contributed by atoms with Crippen LogP contribution in [-0.2, 0) is 11.3 Å². The van der Waals surface area contributed by atoms with E-state index in [0.29, 0.717) is 5.58 Å². The van der Waals surface area contributed by atoms with Crippen molar-refractivity contribution >= 4 is 40.5 Å². The highest BCUT2D eigenvalue weighted by Crippen LogP contribution is 2.22. The average Bonchev–Trinajstić information content (AvgIpc) is 2.44. The first-order chi connectivity index (χ1) is 6.25. The Bertz CT molecular complexity index is 424. The highest BCUT2D eigenvalue weighted by atomic mass is 35.5. The third-order valence-corrected chi connectivity index (χ3v) is 1.98. The monoisotopic (exact) mass is 232 g/mol. The number of anilines is 1. The zero-order valence-electron chi connectivity index (χ0n) is 6.93. The molecule has 1 aromatic heterocycles. The smallest absolute Gasteiger partial charge is 0.205 e. The lowest BCUT2D eigenvalue weighted by Crippen LogP contribution is -2.00. The lowest BCUT2D eigenvalue weighted by molar-refractivity contribution is 0.539. The Morgan fingerprint density at radius 1 is 1.36 bits per heavy atom. The van der Waals surface area contributed by atoms with Crippen LogP contribution in [0.2, 0.25) is 0 Å². The molecule has 0 aliphatic heterocycles. The zero-order chi connectivity index (χ0) is 9.26. The van der Waals surface area contributed by atoms with Gasteiger partial charge in [-0.3, -0.25) is 8.93 Å². The van der Waals surface area contributed by atoms with Gasteiger partial charge in [0.05, 0.1) is 0 Å². The van der Waals surface area contributed by atoms with Crippen LogP contribution in [0.25, 0.3) is 11.0 Å². The first-order valence-electron chi connectivity index (χ1n) is 3.60. The van der Waals surface area contributed by atoms with Gasteiger partial charge in [-0.1, -0.05) is 18.2 Å². The van der Waals surface area contributed by atoms with Crippen molar-refractivity contribution in [2.75, 3.05) is 4.72 Å². The molecule has 2 aromatic rings. The molecule has 1 unspecified atom stereocenters. The minimum Gasteiger partial charge on any atom is -0.755 e. The highest BCUT2D eigenvalue weighted by Gasteiger charge is 2.00. The van der Waals surface area contributed by atoms with Gasteiger partial charge in [-0.15, -0.1) is 12.4 Å². The first-order valence-corrected chi connectivity index (χ1v) is 4.68. The topological polar surface area (TPSA) is 65.3 Å². The van der Waals surface area contributed by atoms with Crippen LogP contribution in [0.3, 0.4) is 0 Å². The third-order valence-electron chi connectivity index (χ3n) is 1.61. The van der Waals surface area contributed by atoms with Crippen molar-refractivity contribution in [1.82, 2.24) is 0 Å². The van der Waals surface area contributed by atoms with Crippen LogP contribution in [0.1, 0.15) is 0 Å². The predicted molar refractivity (Wildman–Crippen MR) is 56.0 cm³/mol. The van der Waals surface area contributed by atoms with E-state index in [9.17, 15) is 8.76 Å². The molecule has 76 valence electrons. The Morgan fingerprint density at radius 3 is 2.71 bits per heavy atom. The summed E-state index contributed by atoms with van der Waals surface area (Å²) in [7, 11) is 0. The lowest BCUT2D eigenvalue weighted by Gasteiger charge is -2.02. The van der Waals surface area contributed by atoms with Crippen molar-refractivity contribution in [3.8, 4) is 0 Å². The van der Waals surface area contributed by atoms with Crippen molar-refractivity contribution in [3.63, 3.8) is 0 Å². The van der Waals surface area contributed by atoms with E-state index in [1.54, 1.807) is 12.1 Å². The summed E-state index contributed by atoms with van der Waals surface area (Å²) < 4.78 is 27.9. The van der Waals surface area contributed by atoms with Crippen LogP contribution < -0.4 is 4.72 Å². The molecular formula is C8H7ClNO3S-. The van der Waals surface area contributed by atoms with Gasteiger partial charge in [-0.05, 0) is 6.07 Å². The summed E-state index contributed by atoms with van der Waals surface area (Å²) >= 11 is -2.34. The van der Waals surface area contributed by atoms with Crippen molar-refractivity contribution in [2.45, 2.75) is 0 Å². The number of halogens is 1. The number of hydrogen-bond donors (Lipinski definition) is 1. The first kappa shape index (κ1) is 11.0. The molecule has 1 heterocycles. The van der Waals surface area contributed by atoms with Crippen LogP contribution in [0.15, 0.2) is 34.7 Å². The number of hydrogen-bond acceptors (Lipinski definition) is 3. The second kappa shape index (κ2) is 4.45.